The fourth-order valence-electron chi connectivity index (χ4n) is 6.04. The van der Waals surface area contributed by atoms with Crippen molar-refractivity contribution in [3.8, 4) is 11.8 Å². The summed E-state index contributed by atoms with van der Waals surface area (Å²) in [5.74, 6) is 0.780. The number of aromatic nitrogens is 2. The number of aryl methyl sites for hydroxylation is 1. The lowest BCUT2D eigenvalue weighted by Gasteiger charge is -2.37. The maximum Gasteiger partial charge on any atom is 0.316 e. The summed E-state index contributed by atoms with van der Waals surface area (Å²) >= 11 is 0. The number of carbonyl (C=O) groups is 1. The first kappa shape index (κ1) is 39.4. The molecule has 1 aliphatic rings. The molecule has 0 aliphatic carbocycles. The Morgan fingerprint density at radius 2 is 1.86 bits per heavy atom. The van der Waals surface area contributed by atoms with E-state index in [0.29, 0.717) is 24.9 Å². The molecule has 3 aromatic carbocycles. The second kappa shape index (κ2) is 18.2. The van der Waals surface area contributed by atoms with Crippen LogP contribution in [-0.2, 0) is 17.5 Å². The summed E-state index contributed by atoms with van der Waals surface area (Å²) in [6, 6.07) is 18.9. The van der Waals surface area contributed by atoms with Crippen molar-refractivity contribution in [1.29, 1.82) is 0 Å². The van der Waals surface area contributed by atoms with Gasteiger partial charge in [-0.25, -0.2) is 18.5 Å². The quantitative estimate of drug-likeness (QED) is 0.0987. The van der Waals surface area contributed by atoms with Crippen LogP contribution in [-0.4, -0.2) is 74.9 Å². The number of carbonyl (C=O) groups excluding carboxylic acids is 1. The van der Waals surface area contributed by atoms with Crippen molar-refractivity contribution in [2.75, 3.05) is 44.4 Å². The normalized spacial score (nSPS) is 16.5. The van der Waals surface area contributed by atoms with Gasteiger partial charge in [0.25, 0.3) is 0 Å². The third-order valence-electron chi connectivity index (χ3n) is 9.19. The van der Waals surface area contributed by atoms with Gasteiger partial charge >= 0.3 is 6.01 Å². The molecule has 4 aromatic rings. The van der Waals surface area contributed by atoms with Crippen LogP contribution in [0.2, 0.25) is 0 Å². The van der Waals surface area contributed by atoms with Gasteiger partial charge in [0.15, 0.2) is 6.29 Å². The monoisotopic (exact) mass is 716 g/mol. The van der Waals surface area contributed by atoms with Gasteiger partial charge in [-0.15, -0.1) is 0 Å². The van der Waals surface area contributed by atoms with Crippen LogP contribution in [0.15, 0.2) is 71.9 Å². The van der Waals surface area contributed by atoms with Crippen molar-refractivity contribution in [2.45, 2.75) is 77.0 Å². The Hall–Kier alpha value is -4.36. The molecule has 2 unspecified atom stereocenters. The number of aliphatic hydroxyl groups is 1. The van der Waals surface area contributed by atoms with Gasteiger partial charge in [0.1, 0.15) is 29.4 Å². The van der Waals surface area contributed by atoms with Gasteiger partial charge in [-0.2, -0.15) is 0 Å². The van der Waals surface area contributed by atoms with E-state index < -0.39 is 11.0 Å². The number of likely N-dealkylation sites (N-methyl/N-ethyl adjacent to an activating group) is 1. The highest BCUT2D eigenvalue weighted by molar-refractivity contribution is 7.82. The number of benzene rings is 3. The van der Waals surface area contributed by atoms with Crippen LogP contribution >= 0.6 is 0 Å². The van der Waals surface area contributed by atoms with Crippen LogP contribution in [0.5, 0.6) is 11.8 Å². The van der Waals surface area contributed by atoms with Crippen LogP contribution in [0.25, 0.3) is 0 Å². The lowest BCUT2D eigenvalue weighted by molar-refractivity contribution is 0.112. The van der Waals surface area contributed by atoms with E-state index in [9.17, 15) is 9.00 Å². The molecule has 0 amide bonds. The van der Waals surface area contributed by atoms with E-state index >= 15 is 0 Å². The Bertz CT molecular complexity index is 1780. The molecule has 0 radical (unpaired) electrons. The first-order valence-corrected chi connectivity index (χ1v) is 18.4. The second-order valence-corrected chi connectivity index (χ2v) is 14.5. The van der Waals surface area contributed by atoms with Gasteiger partial charge < -0.3 is 30.9 Å². The average molecular weight is 717 g/mol. The minimum Gasteiger partial charge on any atom is -0.488 e. The van der Waals surface area contributed by atoms with Crippen molar-refractivity contribution in [1.82, 2.24) is 19.6 Å². The highest BCUT2D eigenvalue weighted by Crippen LogP contribution is 2.40. The highest BCUT2D eigenvalue weighted by atomic mass is 32.2. The molecule has 0 spiro atoms. The summed E-state index contributed by atoms with van der Waals surface area (Å²) in [5, 5.41) is 15.3. The molecule has 2 heterocycles. The molecule has 0 fully saturated rings. The average Bonchev–Trinajstić information content (AvgIpc) is 3.27. The number of nitrogens with zero attached hydrogens (tertiary/aromatic N) is 3. The molecule has 0 saturated heterocycles. The number of aldehydes is 1. The fourth-order valence-corrected chi connectivity index (χ4v) is 7.36. The largest absolute Gasteiger partial charge is 0.488 e. The summed E-state index contributed by atoms with van der Waals surface area (Å²) in [5.41, 5.74) is 14.4. The number of aliphatic hydroxyl groups excluding tert-OH is 1. The Morgan fingerprint density at radius 3 is 2.51 bits per heavy atom. The zero-order valence-corrected chi connectivity index (χ0v) is 31.5. The Morgan fingerprint density at radius 1 is 1.14 bits per heavy atom. The van der Waals surface area contributed by atoms with Gasteiger partial charge in [0, 0.05) is 43.5 Å². The highest BCUT2D eigenvalue weighted by Gasteiger charge is 2.34. The topological polar surface area (TPSA) is 152 Å². The van der Waals surface area contributed by atoms with E-state index in [1.165, 1.54) is 34.6 Å². The van der Waals surface area contributed by atoms with Gasteiger partial charge in [-0.05, 0) is 94.1 Å². The summed E-state index contributed by atoms with van der Waals surface area (Å²) in [6.07, 6.45) is 4.19. The number of nitrogens with two attached hydrogens (primary N) is 1. The number of para-hydroxylation sites is 1. The third-order valence-corrected chi connectivity index (χ3v) is 10.6. The Labute approximate surface area is 304 Å². The summed E-state index contributed by atoms with van der Waals surface area (Å²) in [7, 11) is 0.698. The summed E-state index contributed by atoms with van der Waals surface area (Å²) in [4.78, 5) is 18.3. The molecule has 12 heteroatoms. The van der Waals surface area contributed by atoms with Gasteiger partial charge in [0.2, 0.25) is 0 Å². The van der Waals surface area contributed by atoms with Crippen LogP contribution < -0.4 is 25.8 Å². The van der Waals surface area contributed by atoms with Crippen LogP contribution in [0.4, 0.5) is 11.4 Å². The molecule has 1 aromatic heterocycles. The van der Waals surface area contributed by atoms with Crippen molar-refractivity contribution < 1.29 is 23.6 Å². The van der Waals surface area contributed by atoms with Crippen LogP contribution in [0, 0.1) is 13.8 Å². The maximum atomic E-state index is 13.8. The van der Waals surface area contributed by atoms with Crippen molar-refractivity contribution in [2.24, 2.45) is 0 Å². The number of nitrogens with one attached hydrogen (secondary N) is 2. The number of fused-ring (bicyclic) bond motifs is 1. The Kier molecular flexibility index (Phi) is 14.1. The van der Waals surface area contributed by atoms with Crippen LogP contribution in [0.1, 0.15) is 78.2 Å². The molecular formula is C39H52N6O5S. The van der Waals surface area contributed by atoms with Crippen molar-refractivity contribution in [3.05, 3.63) is 100 Å². The number of ether oxygens (including phenoxy) is 2. The van der Waals surface area contributed by atoms with Crippen molar-refractivity contribution in [3.63, 3.8) is 0 Å². The van der Waals surface area contributed by atoms with E-state index in [1.54, 1.807) is 0 Å². The number of rotatable bonds is 13. The summed E-state index contributed by atoms with van der Waals surface area (Å²) in [6.45, 7) is 15.0. The molecule has 274 valence electrons. The molecule has 0 saturated carbocycles. The minimum atomic E-state index is -1.31. The lowest BCUT2D eigenvalue weighted by atomic mass is 9.75. The minimum absolute atomic E-state index is 0.0158. The molecule has 5 N–H and O–H groups in total. The first-order valence-electron chi connectivity index (χ1n) is 17.3. The van der Waals surface area contributed by atoms with Gasteiger partial charge in [-0.1, -0.05) is 43.3 Å². The number of nitrogen functional groups attached to an aromatic ring is 1. The Balaban J connectivity index is 0.000000411. The predicted molar refractivity (Wildman–Crippen MR) is 204 cm³/mol. The summed E-state index contributed by atoms with van der Waals surface area (Å²) < 4.78 is 26.9. The van der Waals surface area contributed by atoms with Gasteiger partial charge in [0.05, 0.1) is 28.4 Å². The smallest absolute Gasteiger partial charge is 0.316 e. The molecule has 51 heavy (non-hydrogen) atoms. The molecule has 3 atom stereocenters. The SMILES string of the molecule is CCNc1ccc(C(c2ccc(C)c(CN3C[C@@H](CC)Oc4ccccc4S3=O)c2)C(C)(C)NC)c(C)c1N.O=Cc1cnc(OCCO)nc1. The van der Waals surface area contributed by atoms with E-state index in [2.05, 4.69) is 96.8 Å². The zero-order valence-electron chi connectivity index (χ0n) is 30.7. The van der Waals surface area contributed by atoms with E-state index in [0.717, 1.165) is 40.5 Å². The number of anilines is 2. The molecule has 5 rings (SSSR count). The fraction of sp³-hybridized carbons (Fsp3) is 0.410. The standard InChI is InChI=1S/C32H44N4O2S.C7H8N2O3/c1-8-25-20-36(39(37)29-13-11-10-12-28(29)38-25)19-24-18-23(15-14-21(24)3)30(32(5,6)34-7)26-16-17-27(35-9-2)31(33)22(26)4;10-1-2-12-7-8-3-6(5-11)4-9-7/h10-18,25,30,34-35H,8-9,19-20,33H2,1-7H3;3-5,10H,1-2H2/t25-,30?,39?;/m1./s1. The van der Waals surface area contributed by atoms with E-state index in [1.807, 2.05) is 31.3 Å². The van der Waals surface area contributed by atoms with Crippen LogP contribution in [0.3, 0.4) is 0 Å². The molecule has 0 bridgehead atoms. The first-order chi connectivity index (χ1) is 24.5. The third kappa shape index (κ3) is 9.70. The predicted octanol–water partition coefficient (Wildman–Crippen LogP) is 5.80. The molecule has 11 nitrogen and oxygen atoms in total. The second-order valence-electron chi connectivity index (χ2n) is 13.0. The van der Waals surface area contributed by atoms with E-state index in [4.69, 9.17) is 20.3 Å². The number of hydrogen-bond acceptors (Lipinski definition) is 10. The van der Waals surface area contributed by atoms with Gasteiger partial charge in [-0.3, -0.25) is 4.79 Å². The zero-order chi connectivity index (χ0) is 37.1. The molecule has 1 aliphatic heterocycles. The van der Waals surface area contributed by atoms with Crippen molar-refractivity contribution >= 4 is 28.6 Å². The van der Waals surface area contributed by atoms with E-state index in [-0.39, 0.29) is 36.8 Å². The maximum absolute atomic E-state index is 13.8. The number of hydrogen-bond donors (Lipinski definition) is 4. The molecular weight excluding hydrogens is 665 g/mol. The lowest BCUT2D eigenvalue weighted by Crippen LogP contribution is -2.43.